The smallest absolute Gasteiger partial charge is 0.325 e. The van der Waals surface area contributed by atoms with Gasteiger partial charge in [0, 0.05) is 18.0 Å². The number of carbonyl (C=O) groups is 2. The van der Waals surface area contributed by atoms with Crippen molar-refractivity contribution in [3.63, 3.8) is 0 Å². The molecule has 3 rings (SSSR count). The number of rotatable bonds is 1. The van der Waals surface area contributed by atoms with Gasteiger partial charge in [0.25, 0.3) is 5.91 Å². The molecule has 1 atom stereocenters. The van der Waals surface area contributed by atoms with E-state index in [1.54, 1.807) is 0 Å². The van der Waals surface area contributed by atoms with Gasteiger partial charge < -0.3 is 10.1 Å². The molecule has 1 aromatic rings. The quantitative estimate of drug-likeness (QED) is 0.781. The first kappa shape index (κ1) is 12.0. The highest BCUT2D eigenvalue weighted by Crippen LogP contribution is 2.41. The van der Waals surface area contributed by atoms with E-state index in [9.17, 15) is 9.59 Å². The minimum Gasteiger partial charge on any atom is -0.493 e. The van der Waals surface area contributed by atoms with Crippen LogP contribution < -0.4 is 10.1 Å². The number of hydrogen-bond acceptors (Lipinski definition) is 3. The van der Waals surface area contributed by atoms with Crippen LogP contribution in [0.2, 0.25) is 0 Å². The molecule has 0 aromatic heterocycles. The van der Waals surface area contributed by atoms with Gasteiger partial charge >= 0.3 is 6.03 Å². The van der Waals surface area contributed by atoms with Crippen molar-refractivity contribution in [3.8, 4) is 5.75 Å². The van der Waals surface area contributed by atoms with Gasteiger partial charge in [-0.05, 0) is 19.9 Å². The van der Waals surface area contributed by atoms with E-state index >= 15 is 0 Å². The highest BCUT2D eigenvalue weighted by atomic mass is 16.5. The summed E-state index contributed by atoms with van der Waals surface area (Å²) in [5, 5.41) is 2.86. The maximum atomic E-state index is 12.7. The maximum absolute atomic E-state index is 12.7. The highest BCUT2D eigenvalue weighted by Gasteiger charge is 2.55. The van der Waals surface area contributed by atoms with Crippen molar-refractivity contribution in [1.29, 1.82) is 0 Å². The molecule has 1 unspecified atom stereocenters. The Kier molecular flexibility index (Phi) is 2.52. The number of benzene rings is 1. The Balaban J connectivity index is 2.12. The molecule has 2 aliphatic heterocycles. The number of fused-ring (bicyclic) bond motifs is 2. The zero-order chi connectivity index (χ0) is 13.6. The predicted molar refractivity (Wildman–Crippen MR) is 68.7 cm³/mol. The zero-order valence-electron chi connectivity index (χ0n) is 11.0. The van der Waals surface area contributed by atoms with Crippen molar-refractivity contribution in [2.45, 2.75) is 31.8 Å². The molecule has 1 N–H and O–H groups in total. The summed E-state index contributed by atoms with van der Waals surface area (Å²) in [6.45, 7) is 4.10. The van der Waals surface area contributed by atoms with Gasteiger partial charge in [-0.3, -0.25) is 9.69 Å². The predicted octanol–water partition coefficient (Wildman–Crippen LogP) is 1.62. The second-order valence-electron chi connectivity index (χ2n) is 5.20. The minimum absolute atomic E-state index is 0.151. The summed E-state index contributed by atoms with van der Waals surface area (Å²) in [5.74, 6) is 0.497. The van der Waals surface area contributed by atoms with Crippen LogP contribution in [0, 0.1) is 0 Å². The van der Waals surface area contributed by atoms with Crippen LogP contribution >= 0.6 is 0 Å². The molecule has 19 heavy (non-hydrogen) atoms. The van der Waals surface area contributed by atoms with Gasteiger partial charge in [-0.15, -0.1) is 0 Å². The molecular formula is C14H16N2O3. The number of ether oxygens (including phenoxy) is 1. The normalized spacial score (nSPS) is 25.5. The number of nitrogens with zero attached hydrogens (tertiary/aromatic N) is 1. The van der Waals surface area contributed by atoms with Crippen LogP contribution in [-0.4, -0.2) is 29.5 Å². The Morgan fingerprint density at radius 2 is 2.05 bits per heavy atom. The molecule has 1 fully saturated rings. The van der Waals surface area contributed by atoms with E-state index < -0.39 is 5.54 Å². The number of nitrogens with one attached hydrogen (secondary N) is 1. The van der Waals surface area contributed by atoms with Crippen molar-refractivity contribution in [3.05, 3.63) is 29.8 Å². The topological polar surface area (TPSA) is 58.6 Å². The Labute approximate surface area is 111 Å². The van der Waals surface area contributed by atoms with E-state index in [0.717, 1.165) is 5.56 Å². The first-order valence-electron chi connectivity index (χ1n) is 6.44. The first-order chi connectivity index (χ1) is 9.06. The van der Waals surface area contributed by atoms with Gasteiger partial charge in [-0.2, -0.15) is 0 Å². The lowest BCUT2D eigenvalue weighted by atomic mass is 9.84. The van der Waals surface area contributed by atoms with Crippen LogP contribution in [0.4, 0.5) is 4.79 Å². The lowest BCUT2D eigenvalue weighted by Crippen LogP contribution is -2.48. The molecule has 0 bridgehead atoms. The van der Waals surface area contributed by atoms with Crippen molar-refractivity contribution in [2.24, 2.45) is 0 Å². The molecule has 0 aliphatic carbocycles. The lowest BCUT2D eigenvalue weighted by Gasteiger charge is -2.33. The Bertz CT molecular complexity index is 555. The molecule has 3 amide bonds. The van der Waals surface area contributed by atoms with Crippen LogP contribution in [0.15, 0.2) is 24.3 Å². The summed E-state index contributed by atoms with van der Waals surface area (Å²) in [5.41, 5.74) is -0.196. The lowest BCUT2D eigenvalue weighted by molar-refractivity contribution is -0.133. The number of urea groups is 1. The van der Waals surface area contributed by atoms with Crippen LogP contribution in [0.5, 0.6) is 5.75 Å². The van der Waals surface area contributed by atoms with E-state index in [0.29, 0.717) is 18.8 Å². The second kappa shape index (κ2) is 3.98. The second-order valence-corrected chi connectivity index (χ2v) is 5.20. The van der Waals surface area contributed by atoms with Crippen molar-refractivity contribution < 1.29 is 14.3 Å². The summed E-state index contributed by atoms with van der Waals surface area (Å²) in [7, 11) is 0. The fraction of sp³-hybridized carbons (Fsp3) is 0.429. The molecule has 0 radical (unpaired) electrons. The summed E-state index contributed by atoms with van der Waals surface area (Å²) in [6.07, 6.45) is 0.470. The van der Waals surface area contributed by atoms with Crippen molar-refractivity contribution >= 4 is 11.9 Å². The van der Waals surface area contributed by atoms with Crippen LogP contribution in [-0.2, 0) is 10.3 Å². The molecule has 1 aromatic carbocycles. The summed E-state index contributed by atoms with van der Waals surface area (Å²) in [6, 6.07) is 6.91. The van der Waals surface area contributed by atoms with Gasteiger partial charge in [0.05, 0.1) is 6.61 Å². The molecule has 100 valence electrons. The minimum atomic E-state index is -0.948. The van der Waals surface area contributed by atoms with Gasteiger partial charge in [0.2, 0.25) is 0 Å². The molecular weight excluding hydrogens is 244 g/mol. The number of para-hydroxylation sites is 1. The average Bonchev–Trinajstić information content (AvgIpc) is 2.62. The molecule has 2 heterocycles. The van der Waals surface area contributed by atoms with Gasteiger partial charge in [-0.1, -0.05) is 18.2 Å². The number of imide groups is 1. The van der Waals surface area contributed by atoms with Gasteiger partial charge in [-0.25, -0.2) is 4.79 Å². The fourth-order valence-corrected chi connectivity index (χ4v) is 2.81. The summed E-state index contributed by atoms with van der Waals surface area (Å²) in [4.78, 5) is 26.0. The number of carbonyl (C=O) groups excluding carboxylic acids is 2. The zero-order valence-corrected chi connectivity index (χ0v) is 11.0. The van der Waals surface area contributed by atoms with E-state index in [2.05, 4.69) is 5.32 Å². The third-order valence-corrected chi connectivity index (χ3v) is 3.72. The fourth-order valence-electron chi connectivity index (χ4n) is 2.81. The summed E-state index contributed by atoms with van der Waals surface area (Å²) >= 11 is 0. The first-order valence-corrected chi connectivity index (χ1v) is 6.44. The number of hydrogen-bond donors (Lipinski definition) is 1. The Hall–Kier alpha value is -2.04. The van der Waals surface area contributed by atoms with Crippen LogP contribution in [0.25, 0.3) is 0 Å². The maximum Gasteiger partial charge on any atom is 0.325 e. The van der Waals surface area contributed by atoms with Crippen LogP contribution in [0.1, 0.15) is 25.8 Å². The van der Waals surface area contributed by atoms with Crippen molar-refractivity contribution in [1.82, 2.24) is 10.2 Å². The molecule has 2 aliphatic rings. The third-order valence-electron chi connectivity index (χ3n) is 3.72. The SMILES string of the molecule is CC(C)N1C(=O)NC2(CCOc3ccccc32)C1=O. The van der Waals surface area contributed by atoms with Crippen molar-refractivity contribution in [2.75, 3.05) is 6.61 Å². The van der Waals surface area contributed by atoms with Gasteiger partial charge in [0.1, 0.15) is 5.75 Å². The monoisotopic (exact) mass is 260 g/mol. The van der Waals surface area contributed by atoms with E-state index in [1.807, 2.05) is 38.1 Å². The van der Waals surface area contributed by atoms with E-state index in [4.69, 9.17) is 4.74 Å². The Morgan fingerprint density at radius 1 is 1.32 bits per heavy atom. The molecule has 1 saturated heterocycles. The van der Waals surface area contributed by atoms with E-state index in [-0.39, 0.29) is 18.0 Å². The molecule has 0 saturated carbocycles. The molecule has 1 spiro atoms. The molecule has 5 heteroatoms. The Morgan fingerprint density at radius 3 is 2.74 bits per heavy atom. The largest absolute Gasteiger partial charge is 0.493 e. The standard InChI is InChI=1S/C14H16N2O3/c1-9(2)16-12(17)14(15-13(16)18)7-8-19-11-6-4-3-5-10(11)14/h3-6,9H,7-8H2,1-2H3,(H,15,18). The third kappa shape index (κ3) is 1.54. The number of amides is 3. The highest BCUT2D eigenvalue weighted by molar-refractivity contribution is 6.08. The van der Waals surface area contributed by atoms with E-state index in [1.165, 1.54) is 4.90 Å². The average molecular weight is 260 g/mol. The van der Waals surface area contributed by atoms with Crippen LogP contribution in [0.3, 0.4) is 0 Å². The summed E-state index contributed by atoms with van der Waals surface area (Å²) < 4.78 is 5.57. The van der Waals surface area contributed by atoms with Gasteiger partial charge in [0.15, 0.2) is 5.54 Å². The molecule has 5 nitrogen and oxygen atoms in total.